The van der Waals surface area contributed by atoms with E-state index < -0.39 is 14.9 Å². The number of unbranched alkanes of at least 4 members (excludes halogenated alkanes) is 1. The zero-order valence-corrected chi connectivity index (χ0v) is 13.7. The van der Waals surface area contributed by atoms with Crippen molar-refractivity contribution >= 4 is 15.7 Å². The van der Waals surface area contributed by atoms with E-state index in [-0.39, 0.29) is 23.7 Å². The van der Waals surface area contributed by atoms with Crippen molar-refractivity contribution in [2.75, 3.05) is 13.2 Å². The number of hydrogen-bond donors (Lipinski definition) is 2. The number of benzene rings is 2. The summed E-state index contributed by atoms with van der Waals surface area (Å²) >= 11 is 0. The Morgan fingerprint density at radius 2 is 1.71 bits per heavy atom. The zero-order chi connectivity index (χ0) is 17.6. The Morgan fingerprint density at radius 3 is 2.33 bits per heavy atom. The highest BCUT2D eigenvalue weighted by molar-refractivity contribution is 7.89. The van der Waals surface area contributed by atoms with Gasteiger partial charge in [0.15, 0.2) is 0 Å². The van der Waals surface area contributed by atoms with Gasteiger partial charge in [0.25, 0.3) is 5.69 Å². The predicted molar refractivity (Wildman–Crippen MR) is 90.0 cm³/mol. The number of nitro groups is 1. The average molecular weight is 350 g/mol. The number of nitrogens with one attached hydrogen (secondary N) is 1. The second-order valence-electron chi connectivity index (χ2n) is 5.13. The molecule has 0 spiro atoms. The summed E-state index contributed by atoms with van der Waals surface area (Å²) in [6, 6.07) is 12.2. The normalized spacial score (nSPS) is 11.4. The van der Waals surface area contributed by atoms with Gasteiger partial charge in [-0.15, -0.1) is 0 Å². The van der Waals surface area contributed by atoms with Crippen LogP contribution in [0.5, 0.6) is 0 Å². The maximum atomic E-state index is 12.1. The third-order valence-electron chi connectivity index (χ3n) is 3.45. The molecule has 0 saturated heterocycles. The molecule has 2 rings (SSSR count). The minimum Gasteiger partial charge on any atom is -0.396 e. The molecule has 2 aromatic carbocycles. The molecule has 0 unspecified atom stereocenters. The molecule has 2 aromatic rings. The van der Waals surface area contributed by atoms with E-state index in [1.165, 1.54) is 18.2 Å². The Balaban J connectivity index is 2.21. The maximum Gasteiger partial charge on any atom is 0.277 e. The molecule has 2 N–H and O–H groups in total. The van der Waals surface area contributed by atoms with Crippen LogP contribution < -0.4 is 4.72 Å². The van der Waals surface area contributed by atoms with Crippen molar-refractivity contribution in [1.82, 2.24) is 4.72 Å². The standard InChI is InChI=1S/C16H18N2O5S/c19-12-4-3-11-17-24(22,23)14-9-7-13(8-10-14)15-5-1-2-6-16(15)18(20)21/h1-2,5-10,17,19H,3-4,11-12H2. The van der Waals surface area contributed by atoms with Crippen molar-refractivity contribution in [3.63, 3.8) is 0 Å². The Hall–Kier alpha value is -2.29. The molecule has 0 aliphatic rings. The quantitative estimate of drug-likeness (QED) is 0.431. The van der Waals surface area contributed by atoms with Gasteiger partial charge in [0.1, 0.15) is 0 Å². The Bertz CT molecular complexity index is 803. The van der Waals surface area contributed by atoms with Gasteiger partial charge in [0.05, 0.1) is 15.4 Å². The molecule has 0 aliphatic carbocycles. The van der Waals surface area contributed by atoms with Gasteiger partial charge in [-0.05, 0) is 36.6 Å². The summed E-state index contributed by atoms with van der Waals surface area (Å²) in [5.74, 6) is 0. The monoisotopic (exact) mass is 350 g/mol. The number of nitrogens with zero attached hydrogens (tertiary/aromatic N) is 1. The fourth-order valence-corrected chi connectivity index (χ4v) is 3.29. The first-order valence-electron chi connectivity index (χ1n) is 7.40. The number of para-hydroxylation sites is 1. The Labute approximate surface area is 140 Å². The predicted octanol–water partition coefficient (Wildman–Crippen LogP) is 2.31. The number of aliphatic hydroxyl groups is 1. The Morgan fingerprint density at radius 1 is 1.04 bits per heavy atom. The third-order valence-corrected chi connectivity index (χ3v) is 4.93. The minimum atomic E-state index is -3.63. The van der Waals surface area contributed by atoms with Gasteiger partial charge < -0.3 is 5.11 Å². The van der Waals surface area contributed by atoms with Crippen LogP contribution in [0.2, 0.25) is 0 Å². The van der Waals surface area contributed by atoms with Crippen LogP contribution in [0.3, 0.4) is 0 Å². The number of rotatable bonds is 8. The molecule has 0 atom stereocenters. The molecule has 0 aromatic heterocycles. The number of hydrogen-bond acceptors (Lipinski definition) is 5. The van der Waals surface area contributed by atoms with Gasteiger partial charge in [-0.2, -0.15) is 0 Å². The van der Waals surface area contributed by atoms with Crippen molar-refractivity contribution in [2.45, 2.75) is 17.7 Å². The molecule has 0 amide bonds. The number of sulfonamides is 1. The first-order valence-corrected chi connectivity index (χ1v) is 8.88. The van der Waals surface area contributed by atoms with E-state index in [9.17, 15) is 18.5 Å². The summed E-state index contributed by atoms with van der Waals surface area (Å²) in [5, 5.41) is 19.8. The lowest BCUT2D eigenvalue weighted by Crippen LogP contribution is -2.24. The van der Waals surface area contributed by atoms with Crippen LogP contribution in [0.15, 0.2) is 53.4 Å². The lowest BCUT2D eigenvalue weighted by Gasteiger charge is -2.08. The molecule has 0 saturated carbocycles. The number of aliphatic hydroxyl groups excluding tert-OH is 1. The van der Waals surface area contributed by atoms with E-state index in [0.717, 1.165) is 0 Å². The van der Waals surface area contributed by atoms with Gasteiger partial charge in [-0.25, -0.2) is 13.1 Å². The molecular formula is C16H18N2O5S. The molecule has 0 bridgehead atoms. The average Bonchev–Trinajstić information content (AvgIpc) is 2.59. The molecular weight excluding hydrogens is 332 g/mol. The van der Waals surface area contributed by atoms with Crippen molar-refractivity contribution < 1.29 is 18.4 Å². The van der Waals surface area contributed by atoms with E-state index >= 15 is 0 Å². The SMILES string of the molecule is O=[N+]([O-])c1ccccc1-c1ccc(S(=O)(=O)NCCCCO)cc1. The summed E-state index contributed by atoms with van der Waals surface area (Å²) < 4.78 is 26.7. The lowest BCUT2D eigenvalue weighted by atomic mass is 10.0. The van der Waals surface area contributed by atoms with Gasteiger partial charge in [0, 0.05) is 19.2 Å². The van der Waals surface area contributed by atoms with Gasteiger partial charge in [-0.3, -0.25) is 10.1 Å². The van der Waals surface area contributed by atoms with Crippen molar-refractivity contribution in [1.29, 1.82) is 0 Å². The van der Waals surface area contributed by atoms with E-state index in [1.807, 2.05) is 0 Å². The van der Waals surface area contributed by atoms with Crippen molar-refractivity contribution in [3.05, 3.63) is 58.6 Å². The molecule has 0 heterocycles. The maximum absolute atomic E-state index is 12.1. The molecule has 128 valence electrons. The van der Waals surface area contributed by atoms with Gasteiger partial charge in [-0.1, -0.05) is 24.3 Å². The summed E-state index contributed by atoms with van der Waals surface area (Å²) in [6.07, 6.45) is 1.07. The van der Waals surface area contributed by atoms with E-state index in [1.54, 1.807) is 30.3 Å². The lowest BCUT2D eigenvalue weighted by molar-refractivity contribution is -0.384. The van der Waals surface area contributed by atoms with Crippen LogP contribution in [0.1, 0.15) is 12.8 Å². The molecule has 24 heavy (non-hydrogen) atoms. The van der Waals surface area contributed by atoms with Crippen LogP contribution >= 0.6 is 0 Å². The number of nitro benzene ring substituents is 1. The first-order chi connectivity index (χ1) is 11.5. The topological polar surface area (TPSA) is 110 Å². The summed E-state index contributed by atoms with van der Waals surface area (Å²) in [5.41, 5.74) is 0.971. The second kappa shape index (κ2) is 8.00. The van der Waals surface area contributed by atoms with Crippen LogP contribution in [0.4, 0.5) is 5.69 Å². The summed E-state index contributed by atoms with van der Waals surface area (Å²) in [6.45, 7) is 0.265. The van der Waals surface area contributed by atoms with Gasteiger partial charge in [0.2, 0.25) is 10.0 Å². The highest BCUT2D eigenvalue weighted by atomic mass is 32.2. The van der Waals surface area contributed by atoms with Gasteiger partial charge >= 0.3 is 0 Å². The van der Waals surface area contributed by atoms with Crippen molar-refractivity contribution in [3.8, 4) is 11.1 Å². The zero-order valence-electron chi connectivity index (χ0n) is 12.9. The molecule has 0 aliphatic heterocycles. The second-order valence-corrected chi connectivity index (χ2v) is 6.89. The fraction of sp³-hybridized carbons (Fsp3) is 0.250. The van der Waals surface area contributed by atoms with E-state index in [2.05, 4.69) is 4.72 Å². The Kier molecular flexibility index (Phi) is 6.02. The van der Waals surface area contributed by atoms with E-state index in [4.69, 9.17) is 5.11 Å². The highest BCUT2D eigenvalue weighted by Crippen LogP contribution is 2.29. The first kappa shape index (κ1) is 18.1. The fourth-order valence-electron chi connectivity index (χ4n) is 2.22. The van der Waals surface area contributed by atoms with Crippen LogP contribution in [-0.4, -0.2) is 31.6 Å². The highest BCUT2D eigenvalue weighted by Gasteiger charge is 2.16. The third kappa shape index (κ3) is 4.38. The molecule has 0 radical (unpaired) electrons. The summed E-state index contributed by atoms with van der Waals surface area (Å²) in [7, 11) is -3.63. The largest absolute Gasteiger partial charge is 0.396 e. The van der Waals surface area contributed by atoms with Crippen LogP contribution in [0, 0.1) is 10.1 Å². The smallest absolute Gasteiger partial charge is 0.277 e. The molecule has 7 nitrogen and oxygen atoms in total. The molecule has 8 heteroatoms. The molecule has 0 fully saturated rings. The van der Waals surface area contributed by atoms with Crippen LogP contribution in [-0.2, 0) is 10.0 Å². The van der Waals surface area contributed by atoms with Crippen LogP contribution in [0.25, 0.3) is 11.1 Å². The summed E-state index contributed by atoms with van der Waals surface area (Å²) in [4.78, 5) is 10.7. The van der Waals surface area contributed by atoms with Crippen molar-refractivity contribution in [2.24, 2.45) is 0 Å². The van der Waals surface area contributed by atoms with E-state index in [0.29, 0.717) is 24.0 Å². The minimum absolute atomic E-state index is 0.0201.